The van der Waals surface area contributed by atoms with Gasteiger partial charge in [-0.3, -0.25) is 9.69 Å². The summed E-state index contributed by atoms with van der Waals surface area (Å²) in [4.78, 5) is 12.7. The zero-order valence-corrected chi connectivity index (χ0v) is 8.71. The van der Waals surface area contributed by atoms with Crippen molar-refractivity contribution in [1.82, 2.24) is 4.90 Å². The van der Waals surface area contributed by atoms with Gasteiger partial charge in [0.25, 0.3) is 0 Å². The van der Waals surface area contributed by atoms with E-state index in [0.29, 0.717) is 12.3 Å². The predicted octanol–water partition coefficient (Wildman–Crippen LogP) is 1.58. The summed E-state index contributed by atoms with van der Waals surface area (Å²) in [7, 11) is 0. The maximum Gasteiger partial charge on any atom is 0.303 e. The summed E-state index contributed by atoms with van der Waals surface area (Å²) in [6.45, 7) is 8.72. The lowest BCUT2D eigenvalue weighted by Gasteiger charge is -2.47. The predicted molar refractivity (Wildman–Crippen MR) is 51.7 cm³/mol. The molecular formula is C10H19NO2. The summed E-state index contributed by atoms with van der Waals surface area (Å²) in [5, 5.41) is 8.49. The highest BCUT2D eigenvalue weighted by Gasteiger charge is 2.33. The fourth-order valence-corrected chi connectivity index (χ4v) is 1.63. The topological polar surface area (TPSA) is 40.5 Å². The van der Waals surface area contributed by atoms with Crippen molar-refractivity contribution in [1.29, 1.82) is 0 Å². The van der Waals surface area contributed by atoms with E-state index in [9.17, 15) is 4.79 Å². The molecule has 0 aromatic carbocycles. The van der Waals surface area contributed by atoms with Crippen molar-refractivity contribution >= 4 is 5.97 Å². The molecule has 1 heterocycles. The van der Waals surface area contributed by atoms with Crippen molar-refractivity contribution in [2.75, 3.05) is 13.1 Å². The lowest BCUT2D eigenvalue weighted by molar-refractivity contribution is -0.137. The average molecular weight is 185 g/mol. The van der Waals surface area contributed by atoms with E-state index in [1.165, 1.54) is 0 Å². The monoisotopic (exact) mass is 185 g/mol. The smallest absolute Gasteiger partial charge is 0.303 e. The van der Waals surface area contributed by atoms with Crippen molar-refractivity contribution < 1.29 is 9.90 Å². The third-order valence-electron chi connectivity index (χ3n) is 2.67. The molecule has 1 rings (SSSR count). The number of hydrogen-bond acceptors (Lipinski definition) is 2. The molecule has 13 heavy (non-hydrogen) atoms. The highest BCUT2D eigenvalue weighted by molar-refractivity contribution is 5.66. The fraction of sp³-hybridized carbons (Fsp3) is 0.900. The van der Waals surface area contributed by atoms with E-state index in [1.54, 1.807) is 0 Å². The van der Waals surface area contributed by atoms with Gasteiger partial charge in [-0.25, -0.2) is 0 Å². The molecule has 0 bridgehead atoms. The normalized spacial score (nSPS) is 19.9. The standard InChI is InChI=1S/C10H19NO2/c1-10(2,3)11-6-8(7-11)4-5-9(12)13/h8H,4-7H2,1-3H3,(H,12,13). The van der Waals surface area contributed by atoms with Crippen molar-refractivity contribution in [3.8, 4) is 0 Å². The summed E-state index contributed by atoms with van der Waals surface area (Å²) in [6, 6.07) is 0. The van der Waals surface area contributed by atoms with Gasteiger partial charge in [0.1, 0.15) is 0 Å². The lowest BCUT2D eigenvalue weighted by atomic mass is 9.89. The van der Waals surface area contributed by atoms with Crippen LogP contribution in [0, 0.1) is 5.92 Å². The van der Waals surface area contributed by atoms with Gasteiger partial charge in [0.2, 0.25) is 0 Å². The Kier molecular flexibility index (Phi) is 2.96. The van der Waals surface area contributed by atoms with Crippen LogP contribution in [0.5, 0.6) is 0 Å². The van der Waals surface area contributed by atoms with Crippen molar-refractivity contribution in [3.63, 3.8) is 0 Å². The molecule has 0 saturated carbocycles. The molecule has 1 N–H and O–H groups in total. The highest BCUT2D eigenvalue weighted by Crippen LogP contribution is 2.27. The van der Waals surface area contributed by atoms with Crippen LogP contribution in [0.4, 0.5) is 0 Å². The average Bonchev–Trinajstić information content (AvgIpc) is 1.79. The van der Waals surface area contributed by atoms with Crippen LogP contribution in [0.2, 0.25) is 0 Å². The Bertz CT molecular complexity index is 190. The summed E-state index contributed by atoms with van der Waals surface area (Å²) < 4.78 is 0. The van der Waals surface area contributed by atoms with Crippen molar-refractivity contribution in [3.05, 3.63) is 0 Å². The van der Waals surface area contributed by atoms with E-state index in [-0.39, 0.29) is 5.54 Å². The molecule has 76 valence electrons. The zero-order chi connectivity index (χ0) is 10.1. The first-order chi connectivity index (χ1) is 5.89. The minimum absolute atomic E-state index is 0.250. The Labute approximate surface area is 79.7 Å². The molecule has 1 aliphatic heterocycles. The maximum absolute atomic E-state index is 10.3. The van der Waals surface area contributed by atoms with Gasteiger partial charge in [-0.05, 0) is 33.1 Å². The first-order valence-electron chi connectivity index (χ1n) is 4.86. The summed E-state index contributed by atoms with van der Waals surface area (Å²) in [5.41, 5.74) is 0.250. The van der Waals surface area contributed by atoms with Crippen LogP contribution >= 0.6 is 0 Å². The molecule has 0 spiro atoms. The second kappa shape index (κ2) is 3.66. The Morgan fingerprint density at radius 3 is 2.38 bits per heavy atom. The fourth-order valence-electron chi connectivity index (χ4n) is 1.63. The Morgan fingerprint density at radius 1 is 1.46 bits per heavy atom. The van der Waals surface area contributed by atoms with Gasteiger partial charge in [-0.2, -0.15) is 0 Å². The molecule has 3 heteroatoms. The van der Waals surface area contributed by atoms with Crippen molar-refractivity contribution in [2.45, 2.75) is 39.2 Å². The van der Waals surface area contributed by atoms with Crippen LogP contribution < -0.4 is 0 Å². The molecule has 0 radical (unpaired) electrons. The molecule has 3 nitrogen and oxygen atoms in total. The van der Waals surface area contributed by atoms with E-state index in [0.717, 1.165) is 19.5 Å². The van der Waals surface area contributed by atoms with E-state index < -0.39 is 5.97 Å². The maximum atomic E-state index is 10.3. The largest absolute Gasteiger partial charge is 0.481 e. The Morgan fingerprint density at radius 2 is 2.00 bits per heavy atom. The summed E-state index contributed by atoms with van der Waals surface area (Å²) >= 11 is 0. The van der Waals surface area contributed by atoms with Crippen LogP contribution in [0.3, 0.4) is 0 Å². The van der Waals surface area contributed by atoms with Gasteiger partial charge in [-0.1, -0.05) is 0 Å². The number of hydrogen-bond donors (Lipinski definition) is 1. The van der Waals surface area contributed by atoms with Gasteiger partial charge >= 0.3 is 5.97 Å². The first kappa shape index (κ1) is 10.5. The molecule has 0 atom stereocenters. The summed E-state index contributed by atoms with van der Waals surface area (Å²) in [5.74, 6) is -0.0652. The number of carbonyl (C=O) groups is 1. The van der Waals surface area contributed by atoms with Gasteiger partial charge in [0, 0.05) is 25.0 Å². The summed E-state index contributed by atoms with van der Waals surface area (Å²) in [6.07, 6.45) is 1.16. The minimum Gasteiger partial charge on any atom is -0.481 e. The second-order valence-corrected chi connectivity index (χ2v) is 4.87. The number of aliphatic carboxylic acids is 1. The SMILES string of the molecule is CC(C)(C)N1CC(CCC(=O)O)C1. The minimum atomic E-state index is -0.672. The highest BCUT2D eigenvalue weighted by atomic mass is 16.4. The zero-order valence-electron chi connectivity index (χ0n) is 8.71. The van der Waals surface area contributed by atoms with Crippen molar-refractivity contribution in [2.24, 2.45) is 5.92 Å². The molecule has 1 saturated heterocycles. The van der Waals surface area contributed by atoms with Crippen LogP contribution in [0.15, 0.2) is 0 Å². The third kappa shape index (κ3) is 2.99. The van der Waals surface area contributed by atoms with E-state index >= 15 is 0 Å². The molecule has 1 aliphatic rings. The second-order valence-electron chi connectivity index (χ2n) is 4.87. The first-order valence-corrected chi connectivity index (χ1v) is 4.86. The molecule has 0 aliphatic carbocycles. The van der Waals surface area contributed by atoms with E-state index in [4.69, 9.17) is 5.11 Å². The lowest BCUT2D eigenvalue weighted by Crippen LogP contribution is -2.55. The number of likely N-dealkylation sites (tertiary alicyclic amines) is 1. The molecule has 0 amide bonds. The number of carboxylic acid groups (broad SMARTS) is 1. The van der Waals surface area contributed by atoms with Gasteiger partial charge in [0.05, 0.1) is 0 Å². The van der Waals surface area contributed by atoms with E-state index in [1.807, 2.05) is 0 Å². The Balaban J connectivity index is 2.15. The van der Waals surface area contributed by atoms with Crippen LogP contribution in [0.1, 0.15) is 33.6 Å². The molecule has 0 unspecified atom stereocenters. The van der Waals surface area contributed by atoms with Gasteiger partial charge < -0.3 is 5.11 Å². The molecule has 1 fully saturated rings. The van der Waals surface area contributed by atoms with Crippen LogP contribution in [-0.2, 0) is 4.79 Å². The number of rotatable bonds is 3. The van der Waals surface area contributed by atoms with E-state index in [2.05, 4.69) is 25.7 Å². The van der Waals surface area contributed by atoms with Gasteiger partial charge in [0.15, 0.2) is 0 Å². The quantitative estimate of drug-likeness (QED) is 0.725. The third-order valence-corrected chi connectivity index (χ3v) is 2.67. The molecular weight excluding hydrogens is 166 g/mol. The number of nitrogens with zero attached hydrogens (tertiary/aromatic N) is 1. The number of carboxylic acids is 1. The molecule has 0 aromatic rings. The van der Waals surface area contributed by atoms with Gasteiger partial charge in [-0.15, -0.1) is 0 Å². The van der Waals surface area contributed by atoms with Crippen LogP contribution in [0.25, 0.3) is 0 Å². The Hall–Kier alpha value is -0.570. The molecule has 0 aromatic heterocycles. The van der Waals surface area contributed by atoms with Crippen LogP contribution in [-0.4, -0.2) is 34.6 Å².